The summed E-state index contributed by atoms with van der Waals surface area (Å²) in [4.78, 5) is 0. The lowest BCUT2D eigenvalue weighted by atomic mass is 10.0. The molecule has 0 radical (unpaired) electrons. The average molecular weight is 210 g/mol. The predicted octanol–water partition coefficient (Wildman–Crippen LogP) is 2.74. The van der Waals surface area contributed by atoms with Crippen LogP contribution in [0.1, 0.15) is 26.7 Å². The summed E-state index contributed by atoms with van der Waals surface area (Å²) < 4.78 is 0. The Labute approximate surface area is 85.6 Å². The smallest absolute Gasteiger partial charge is 0.0403 e. The summed E-state index contributed by atoms with van der Waals surface area (Å²) in [7, 11) is 0. The molecule has 74 valence electrons. The Balaban J connectivity index is 3.45. The Morgan fingerprint density at radius 3 is 2.58 bits per heavy atom. The summed E-state index contributed by atoms with van der Waals surface area (Å²) in [6, 6.07) is 0. The summed E-state index contributed by atoms with van der Waals surface area (Å²) in [6.45, 7) is 5.43. The van der Waals surface area contributed by atoms with E-state index in [0.29, 0.717) is 5.88 Å². The molecule has 3 heteroatoms. The lowest BCUT2D eigenvalue weighted by Crippen LogP contribution is -2.44. The Morgan fingerprint density at radius 2 is 2.17 bits per heavy atom. The molecule has 0 aromatic heterocycles. The predicted molar refractivity (Wildman–Crippen MR) is 60.4 cm³/mol. The third-order valence-corrected chi connectivity index (χ3v) is 3.44. The van der Waals surface area contributed by atoms with Crippen LogP contribution in [0.4, 0.5) is 0 Å². The van der Waals surface area contributed by atoms with Crippen molar-refractivity contribution in [2.24, 2.45) is 0 Å². The van der Waals surface area contributed by atoms with Crippen molar-refractivity contribution < 1.29 is 0 Å². The zero-order chi connectivity index (χ0) is 9.45. The van der Waals surface area contributed by atoms with E-state index < -0.39 is 0 Å². The maximum atomic E-state index is 5.85. The molecule has 0 aliphatic heterocycles. The number of nitrogens with one attached hydrogen (secondary N) is 1. The number of halogens is 1. The summed E-state index contributed by atoms with van der Waals surface area (Å²) in [5.74, 6) is 1.93. The molecule has 0 aromatic rings. The highest BCUT2D eigenvalue weighted by molar-refractivity contribution is 7.98. The lowest BCUT2D eigenvalue weighted by Gasteiger charge is -2.27. The number of thioether (sulfide) groups is 1. The van der Waals surface area contributed by atoms with Gasteiger partial charge in [0.05, 0.1) is 0 Å². The number of hydrogen-bond acceptors (Lipinski definition) is 2. The molecule has 1 nitrogen and oxygen atoms in total. The highest BCUT2D eigenvalue weighted by atomic mass is 35.5. The van der Waals surface area contributed by atoms with Gasteiger partial charge in [0.25, 0.3) is 0 Å². The van der Waals surface area contributed by atoms with Crippen LogP contribution in [0.5, 0.6) is 0 Å². The fourth-order valence-electron chi connectivity index (χ4n) is 0.873. The molecule has 0 saturated carbocycles. The summed E-state index contributed by atoms with van der Waals surface area (Å²) in [5.41, 5.74) is 0.139. The molecule has 0 aliphatic rings. The van der Waals surface area contributed by atoms with E-state index >= 15 is 0 Å². The molecule has 1 unspecified atom stereocenters. The standard InChI is InChI=1S/C9H20ClNS/c1-4-9(2,8-10)11-6-5-7-12-3/h11H,4-8H2,1-3H3. The molecule has 0 bridgehead atoms. The maximum Gasteiger partial charge on any atom is 0.0403 e. The van der Waals surface area contributed by atoms with Crippen LogP contribution in [0, 0.1) is 0 Å². The largest absolute Gasteiger partial charge is 0.310 e. The van der Waals surface area contributed by atoms with Crippen LogP contribution in [0.3, 0.4) is 0 Å². The van der Waals surface area contributed by atoms with E-state index in [0.717, 1.165) is 13.0 Å². The zero-order valence-corrected chi connectivity index (χ0v) is 9.89. The minimum atomic E-state index is 0.139. The van der Waals surface area contributed by atoms with E-state index in [4.69, 9.17) is 11.6 Å². The van der Waals surface area contributed by atoms with Crippen molar-refractivity contribution in [3.05, 3.63) is 0 Å². The third kappa shape index (κ3) is 5.28. The van der Waals surface area contributed by atoms with E-state index in [1.54, 1.807) is 0 Å². The van der Waals surface area contributed by atoms with Gasteiger partial charge in [0.2, 0.25) is 0 Å². The fraction of sp³-hybridized carbons (Fsp3) is 1.00. The fourth-order valence-corrected chi connectivity index (χ4v) is 1.59. The van der Waals surface area contributed by atoms with Crippen molar-refractivity contribution in [1.82, 2.24) is 5.32 Å². The van der Waals surface area contributed by atoms with Gasteiger partial charge >= 0.3 is 0 Å². The van der Waals surface area contributed by atoms with E-state index in [-0.39, 0.29) is 5.54 Å². The summed E-state index contributed by atoms with van der Waals surface area (Å²) >= 11 is 7.75. The van der Waals surface area contributed by atoms with Crippen molar-refractivity contribution >= 4 is 23.4 Å². The van der Waals surface area contributed by atoms with Crippen LogP contribution in [0.25, 0.3) is 0 Å². The lowest BCUT2D eigenvalue weighted by molar-refractivity contribution is 0.383. The van der Waals surface area contributed by atoms with Crippen LogP contribution in [0.2, 0.25) is 0 Å². The first-order valence-corrected chi connectivity index (χ1v) is 6.41. The number of alkyl halides is 1. The summed E-state index contributed by atoms with van der Waals surface area (Å²) in [5, 5.41) is 3.48. The van der Waals surface area contributed by atoms with Crippen molar-refractivity contribution in [1.29, 1.82) is 0 Å². The van der Waals surface area contributed by atoms with Crippen molar-refractivity contribution in [2.45, 2.75) is 32.2 Å². The molecule has 0 fully saturated rings. The van der Waals surface area contributed by atoms with Gasteiger partial charge in [0, 0.05) is 11.4 Å². The van der Waals surface area contributed by atoms with Gasteiger partial charge in [-0.1, -0.05) is 6.92 Å². The molecular formula is C9H20ClNS. The van der Waals surface area contributed by atoms with Gasteiger partial charge in [-0.3, -0.25) is 0 Å². The molecule has 1 atom stereocenters. The van der Waals surface area contributed by atoms with Gasteiger partial charge in [-0.2, -0.15) is 11.8 Å². The Bertz CT molecular complexity index is 105. The van der Waals surface area contributed by atoms with Crippen molar-refractivity contribution in [3.63, 3.8) is 0 Å². The molecule has 0 heterocycles. The van der Waals surface area contributed by atoms with Crippen molar-refractivity contribution in [3.8, 4) is 0 Å². The normalized spacial score (nSPS) is 16.0. The second-order valence-corrected chi connectivity index (χ2v) is 4.57. The van der Waals surface area contributed by atoms with Crippen molar-refractivity contribution in [2.75, 3.05) is 24.4 Å². The minimum absolute atomic E-state index is 0.139. The highest BCUT2D eigenvalue weighted by Gasteiger charge is 2.18. The number of hydrogen-bond donors (Lipinski definition) is 1. The van der Waals surface area contributed by atoms with Gasteiger partial charge in [0.15, 0.2) is 0 Å². The van der Waals surface area contributed by atoms with Crippen LogP contribution < -0.4 is 5.32 Å². The quantitative estimate of drug-likeness (QED) is 0.511. The first-order valence-electron chi connectivity index (χ1n) is 4.48. The molecule has 0 amide bonds. The first-order chi connectivity index (χ1) is 5.68. The second-order valence-electron chi connectivity index (χ2n) is 3.32. The van der Waals surface area contributed by atoms with E-state index in [2.05, 4.69) is 25.4 Å². The minimum Gasteiger partial charge on any atom is -0.310 e. The van der Waals surface area contributed by atoms with Gasteiger partial charge in [-0.15, -0.1) is 11.6 Å². The molecule has 12 heavy (non-hydrogen) atoms. The second kappa shape index (κ2) is 7.05. The van der Waals surface area contributed by atoms with E-state index in [1.165, 1.54) is 12.2 Å². The highest BCUT2D eigenvalue weighted by Crippen LogP contribution is 2.10. The molecule has 1 N–H and O–H groups in total. The van der Waals surface area contributed by atoms with Crippen LogP contribution in [0.15, 0.2) is 0 Å². The maximum absolute atomic E-state index is 5.85. The Kier molecular flexibility index (Phi) is 7.40. The van der Waals surface area contributed by atoms with Gasteiger partial charge in [0.1, 0.15) is 0 Å². The summed E-state index contributed by atoms with van der Waals surface area (Å²) in [6.07, 6.45) is 4.46. The molecule has 0 aliphatic carbocycles. The van der Waals surface area contributed by atoms with Gasteiger partial charge in [-0.05, 0) is 38.3 Å². The average Bonchev–Trinajstić information content (AvgIpc) is 2.12. The number of rotatable bonds is 7. The molecular weight excluding hydrogens is 190 g/mol. The van der Waals surface area contributed by atoms with E-state index in [1.807, 2.05) is 11.8 Å². The van der Waals surface area contributed by atoms with Crippen LogP contribution in [-0.2, 0) is 0 Å². The first kappa shape index (κ1) is 12.6. The molecule has 0 rings (SSSR count). The zero-order valence-electron chi connectivity index (χ0n) is 8.32. The Morgan fingerprint density at radius 1 is 1.50 bits per heavy atom. The topological polar surface area (TPSA) is 12.0 Å². The van der Waals surface area contributed by atoms with Crippen LogP contribution >= 0.6 is 23.4 Å². The SMILES string of the molecule is CCC(C)(CCl)NCCCSC. The molecule has 0 aromatic carbocycles. The third-order valence-electron chi connectivity index (χ3n) is 2.15. The van der Waals surface area contributed by atoms with E-state index in [9.17, 15) is 0 Å². The van der Waals surface area contributed by atoms with Gasteiger partial charge in [-0.25, -0.2) is 0 Å². The van der Waals surface area contributed by atoms with Crippen LogP contribution in [-0.4, -0.2) is 30.0 Å². The molecule has 0 saturated heterocycles. The van der Waals surface area contributed by atoms with Gasteiger partial charge < -0.3 is 5.32 Å². The Hall–Kier alpha value is 0.600. The molecule has 0 spiro atoms. The monoisotopic (exact) mass is 209 g/mol.